The maximum Gasteiger partial charge on any atom is 0.387 e. The van der Waals surface area contributed by atoms with Gasteiger partial charge in [-0.3, -0.25) is 9.78 Å². The smallest absolute Gasteiger partial charge is 0.387 e. The number of benzene rings is 2. The maximum absolute atomic E-state index is 13.6. The second kappa shape index (κ2) is 8.05. The van der Waals surface area contributed by atoms with Gasteiger partial charge < -0.3 is 24.0 Å². The molecule has 38 heavy (non-hydrogen) atoms. The van der Waals surface area contributed by atoms with Crippen molar-refractivity contribution in [2.24, 2.45) is 0 Å². The van der Waals surface area contributed by atoms with E-state index >= 15 is 0 Å². The van der Waals surface area contributed by atoms with E-state index in [4.69, 9.17) is 18.6 Å². The van der Waals surface area contributed by atoms with Crippen molar-refractivity contribution in [2.75, 3.05) is 13.6 Å². The van der Waals surface area contributed by atoms with Crippen LogP contribution >= 0.6 is 0 Å². The van der Waals surface area contributed by atoms with E-state index in [-0.39, 0.29) is 29.9 Å². The predicted octanol–water partition coefficient (Wildman–Crippen LogP) is 4.56. The minimum Gasteiger partial charge on any atom is -0.434 e. The zero-order valence-corrected chi connectivity index (χ0v) is 20.2. The molecule has 4 aromatic rings. The quantitative estimate of drug-likeness (QED) is 0.425. The number of rotatable bonds is 3. The van der Waals surface area contributed by atoms with Crippen LogP contribution in [0.25, 0.3) is 22.2 Å². The lowest BCUT2D eigenvalue weighted by Gasteiger charge is -2.30. The molecule has 0 fully saturated rings. The van der Waals surface area contributed by atoms with Crippen LogP contribution in [0.1, 0.15) is 62.5 Å². The number of hydrogen-bond donors (Lipinski definition) is 1. The van der Waals surface area contributed by atoms with Crippen molar-refractivity contribution < 1.29 is 32.3 Å². The fraction of sp³-hybridized carbons (Fsp3) is 0.321. The van der Waals surface area contributed by atoms with Gasteiger partial charge in [0.05, 0.1) is 42.0 Å². The number of carbonyl (C=O) groups excluding carboxylic acids is 1. The minimum atomic E-state index is -3.14. The van der Waals surface area contributed by atoms with Gasteiger partial charge >= 0.3 is 6.61 Å². The van der Waals surface area contributed by atoms with Crippen LogP contribution in [0.2, 0.25) is 0 Å². The average Bonchev–Trinajstić information content (AvgIpc) is 3.40. The van der Waals surface area contributed by atoms with Crippen molar-refractivity contribution in [2.45, 2.75) is 44.2 Å². The Morgan fingerprint density at radius 2 is 2.11 bits per heavy atom. The van der Waals surface area contributed by atoms with E-state index in [0.29, 0.717) is 29.2 Å². The molecule has 0 unspecified atom stereocenters. The Morgan fingerprint density at radius 3 is 2.92 bits per heavy atom. The first kappa shape index (κ1) is 20.1. The third-order valence-electron chi connectivity index (χ3n) is 7.60. The Morgan fingerprint density at radius 1 is 1.24 bits per heavy atom. The molecule has 3 aliphatic rings. The highest BCUT2D eigenvalue weighted by atomic mass is 19.3. The van der Waals surface area contributed by atoms with E-state index in [0.717, 1.165) is 21.6 Å². The predicted molar refractivity (Wildman–Crippen MR) is 133 cm³/mol. The molecule has 194 valence electrons. The van der Waals surface area contributed by atoms with Crippen LogP contribution in [0.15, 0.2) is 48.7 Å². The van der Waals surface area contributed by atoms with Gasteiger partial charge in [0.25, 0.3) is 5.91 Å². The number of carbonyl (C=O) groups is 1. The molecule has 0 saturated carbocycles. The Balaban J connectivity index is 1.43. The van der Waals surface area contributed by atoms with Crippen molar-refractivity contribution in [3.63, 3.8) is 0 Å². The molecule has 1 N–H and O–H groups in total. The molecule has 0 spiro atoms. The van der Waals surface area contributed by atoms with Crippen LogP contribution in [-0.2, 0) is 16.9 Å². The highest BCUT2D eigenvalue weighted by Crippen LogP contribution is 2.50. The molecular weight excluding hydrogens is 494 g/mol. The number of imidazole rings is 1. The van der Waals surface area contributed by atoms with Crippen LogP contribution in [0, 0.1) is 0 Å². The van der Waals surface area contributed by atoms with Gasteiger partial charge in [-0.05, 0) is 42.8 Å². The van der Waals surface area contributed by atoms with Gasteiger partial charge in [0.1, 0.15) is 17.2 Å². The Hall–Kier alpha value is -3.89. The van der Waals surface area contributed by atoms with Crippen LogP contribution < -0.4 is 4.74 Å². The fourth-order valence-corrected chi connectivity index (χ4v) is 5.98. The molecule has 0 saturated heterocycles. The first-order valence-electron chi connectivity index (χ1n) is 13.7. The van der Waals surface area contributed by atoms with Gasteiger partial charge in [0.15, 0.2) is 0 Å². The summed E-state index contributed by atoms with van der Waals surface area (Å²) in [5.41, 5.74) is 3.07. The lowest BCUT2D eigenvalue weighted by molar-refractivity contribution is -0.0635. The molecule has 7 rings (SSSR count). The number of hydrogen-bond acceptors (Lipinski definition) is 6. The molecule has 1 amide bonds. The van der Waals surface area contributed by atoms with E-state index < -0.39 is 37.2 Å². The van der Waals surface area contributed by atoms with E-state index in [1.54, 1.807) is 19.2 Å². The summed E-state index contributed by atoms with van der Waals surface area (Å²) in [5, 5.41) is 10.6. The van der Waals surface area contributed by atoms with Gasteiger partial charge in [-0.1, -0.05) is 12.1 Å². The molecular formula is C28H24F2N4O4. The fourth-order valence-electron chi connectivity index (χ4n) is 5.98. The number of ether oxygens (including phenoxy) is 2. The van der Waals surface area contributed by atoms with Crippen molar-refractivity contribution >= 4 is 16.9 Å². The number of amides is 1. The number of aromatic nitrogens is 3. The van der Waals surface area contributed by atoms with E-state index in [1.807, 2.05) is 22.8 Å². The van der Waals surface area contributed by atoms with Crippen LogP contribution in [0.3, 0.4) is 0 Å². The van der Waals surface area contributed by atoms with Gasteiger partial charge in [0, 0.05) is 46.0 Å². The van der Waals surface area contributed by atoms with E-state index in [2.05, 4.69) is 4.98 Å². The summed E-state index contributed by atoms with van der Waals surface area (Å²) in [6.45, 7) is -3.83. The molecule has 8 nitrogen and oxygen atoms in total. The van der Waals surface area contributed by atoms with Crippen molar-refractivity contribution in [1.82, 2.24) is 19.4 Å². The highest BCUT2D eigenvalue weighted by Gasteiger charge is 2.45. The number of aliphatic hydroxyl groups is 1. The molecule has 2 bridgehead atoms. The average molecular weight is 522 g/mol. The molecule has 0 aliphatic carbocycles. The summed E-state index contributed by atoms with van der Waals surface area (Å²) in [6, 6.07) is 10.0. The number of nitrogens with zero attached hydrogens (tertiary/aromatic N) is 4. The van der Waals surface area contributed by atoms with Gasteiger partial charge in [-0.15, -0.1) is 0 Å². The number of fused-ring (bicyclic) bond motifs is 10. The molecule has 3 aliphatic heterocycles. The lowest BCUT2D eigenvalue weighted by atomic mass is 9.94. The number of alkyl halides is 2. The van der Waals surface area contributed by atoms with Crippen LogP contribution in [0.4, 0.5) is 8.78 Å². The zero-order valence-electron chi connectivity index (χ0n) is 23.2. The molecule has 10 heteroatoms. The Kier molecular flexibility index (Phi) is 4.26. The summed E-state index contributed by atoms with van der Waals surface area (Å²) < 4.78 is 63.6. The highest BCUT2D eigenvalue weighted by molar-refractivity contribution is 5.98. The van der Waals surface area contributed by atoms with Crippen molar-refractivity contribution in [3.05, 3.63) is 76.9 Å². The largest absolute Gasteiger partial charge is 0.434 e. The van der Waals surface area contributed by atoms with Gasteiger partial charge in [0.2, 0.25) is 0 Å². The Labute approximate surface area is 220 Å². The second-order valence-corrected chi connectivity index (χ2v) is 10.1. The van der Waals surface area contributed by atoms with E-state index in [9.17, 15) is 18.7 Å². The van der Waals surface area contributed by atoms with Crippen LogP contribution in [-0.4, -0.2) is 50.6 Å². The van der Waals surface area contributed by atoms with Crippen molar-refractivity contribution in [3.8, 4) is 16.9 Å². The topological polar surface area (TPSA) is 89.7 Å². The first-order chi connectivity index (χ1) is 19.4. The SMILES string of the molecule is [2H]C([2H])([2H])N1C(=O)c2cccc(OC(F)F)c2[C@H]2C[C@@H]1c1nc3ccc(-c4cnc5c(c4)COC[C@@]5(C)O)cc3n12. The summed E-state index contributed by atoms with van der Waals surface area (Å²) in [6.07, 6.45) is 1.81. The standard InChI is InChI=1S/C28H24F2N4O4/c1-28(36)13-37-12-16-8-15(11-31-24(16)28)14-6-7-18-19(9-14)34-20-10-21(25(34)32-18)33(2)26(35)17-4-3-5-22(23(17)20)38-27(29)30/h3-9,11,20-21,27,36H,10,12-13H2,1-2H3/t20-,21-,28-/m1/s1/i2D3. The first-order valence-corrected chi connectivity index (χ1v) is 12.2. The maximum atomic E-state index is 13.6. The molecule has 5 heterocycles. The monoisotopic (exact) mass is 521 g/mol. The van der Waals surface area contributed by atoms with Crippen molar-refractivity contribution in [1.29, 1.82) is 0 Å². The summed E-state index contributed by atoms with van der Waals surface area (Å²) in [7, 11) is 0. The molecule has 2 aromatic carbocycles. The third-order valence-corrected chi connectivity index (χ3v) is 7.60. The Bertz CT molecular complexity index is 1740. The third kappa shape index (κ3) is 3.30. The van der Waals surface area contributed by atoms with Gasteiger partial charge in [-0.2, -0.15) is 8.78 Å². The normalized spacial score (nSPS) is 25.3. The minimum absolute atomic E-state index is 0.00127. The zero-order chi connectivity index (χ0) is 28.8. The summed E-state index contributed by atoms with van der Waals surface area (Å²) in [5.74, 6) is -0.611. The molecule has 3 atom stereocenters. The summed E-state index contributed by atoms with van der Waals surface area (Å²) in [4.78, 5) is 23.7. The molecule has 2 aromatic heterocycles. The lowest BCUT2D eigenvalue weighted by Crippen LogP contribution is -2.34. The van der Waals surface area contributed by atoms with Gasteiger partial charge in [-0.25, -0.2) is 4.98 Å². The van der Waals surface area contributed by atoms with E-state index in [1.165, 1.54) is 18.2 Å². The number of halogens is 2. The van der Waals surface area contributed by atoms with Crippen LogP contribution in [0.5, 0.6) is 5.75 Å². The summed E-state index contributed by atoms with van der Waals surface area (Å²) >= 11 is 0. The second-order valence-electron chi connectivity index (χ2n) is 10.1. The molecule has 0 radical (unpaired) electrons. The number of pyridine rings is 1.